The molecule has 4 unspecified atom stereocenters. The van der Waals surface area contributed by atoms with Crippen LogP contribution in [0.3, 0.4) is 0 Å². The maximum Gasteiger partial charge on any atom is 0.0333 e. The van der Waals surface area contributed by atoms with Gasteiger partial charge in [-0.2, -0.15) is 0 Å². The van der Waals surface area contributed by atoms with Crippen LogP contribution in [0.2, 0.25) is 0 Å². The van der Waals surface area contributed by atoms with Gasteiger partial charge in [0.15, 0.2) is 0 Å². The zero-order chi connectivity index (χ0) is 23.7. The standard InChI is InChI=1S/C34H20Br2/c35-33-29-13-25-21-9-10-22(18-6-2-1-5-17(18)21)26(25)14-30(29)34(36)32-16-28-24-12-11-23(27(28)15-31(32)33)19-7-3-4-8-20(19)24/h1-16,21-24H. The van der Waals surface area contributed by atoms with Crippen LogP contribution >= 0.6 is 31.9 Å². The Bertz CT molecular complexity index is 1620. The van der Waals surface area contributed by atoms with Crippen molar-refractivity contribution in [3.05, 3.63) is 151 Å². The molecule has 6 aliphatic carbocycles. The summed E-state index contributed by atoms with van der Waals surface area (Å²) in [6.45, 7) is 0. The van der Waals surface area contributed by atoms with Gasteiger partial charge in [-0.3, -0.25) is 0 Å². The molecular formula is C34H20Br2. The average Bonchev–Trinajstić information content (AvgIpc) is 2.95. The van der Waals surface area contributed by atoms with Gasteiger partial charge in [-0.1, -0.05) is 72.8 Å². The molecule has 36 heavy (non-hydrogen) atoms. The second-order valence-electron chi connectivity index (χ2n) is 10.6. The molecule has 0 aliphatic heterocycles. The highest BCUT2D eigenvalue weighted by molar-refractivity contribution is 9.11. The van der Waals surface area contributed by atoms with Gasteiger partial charge < -0.3 is 0 Å². The van der Waals surface area contributed by atoms with Gasteiger partial charge in [-0.25, -0.2) is 0 Å². The van der Waals surface area contributed by atoms with Crippen LogP contribution in [0.25, 0.3) is 21.5 Å². The van der Waals surface area contributed by atoms with Gasteiger partial charge in [0.1, 0.15) is 0 Å². The van der Waals surface area contributed by atoms with Gasteiger partial charge in [0.2, 0.25) is 0 Å². The smallest absolute Gasteiger partial charge is 0.0333 e. The van der Waals surface area contributed by atoms with Gasteiger partial charge in [-0.15, -0.1) is 0 Å². The summed E-state index contributed by atoms with van der Waals surface area (Å²) in [4.78, 5) is 0. The van der Waals surface area contributed by atoms with E-state index in [1.807, 2.05) is 0 Å². The van der Waals surface area contributed by atoms with Crippen molar-refractivity contribution in [3.63, 3.8) is 0 Å². The van der Waals surface area contributed by atoms with Gasteiger partial charge in [-0.05, 0) is 122 Å². The van der Waals surface area contributed by atoms with E-state index in [0.717, 1.165) is 0 Å². The van der Waals surface area contributed by atoms with E-state index in [9.17, 15) is 0 Å². The molecule has 0 radical (unpaired) electrons. The summed E-state index contributed by atoms with van der Waals surface area (Å²) in [7, 11) is 0. The molecule has 4 bridgehead atoms. The number of hydrogen-bond donors (Lipinski definition) is 0. The van der Waals surface area contributed by atoms with Crippen molar-refractivity contribution in [2.45, 2.75) is 23.7 Å². The third-order valence-electron chi connectivity index (χ3n) is 9.06. The van der Waals surface area contributed by atoms with Gasteiger partial charge >= 0.3 is 0 Å². The molecular weight excluding hydrogens is 568 g/mol. The second-order valence-corrected chi connectivity index (χ2v) is 12.2. The number of benzene rings is 5. The Morgan fingerprint density at radius 1 is 0.361 bits per heavy atom. The van der Waals surface area contributed by atoms with Crippen molar-refractivity contribution in [1.82, 2.24) is 0 Å². The van der Waals surface area contributed by atoms with E-state index in [1.165, 1.54) is 75.0 Å². The van der Waals surface area contributed by atoms with E-state index in [-0.39, 0.29) is 0 Å². The predicted molar refractivity (Wildman–Crippen MR) is 155 cm³/mol. The number of allylic oxidation sites excluding steroid dienone is 4. The normalized spacial score (nSPS) is 23.6. The average molecular weight is 588 g/mol. The highest BCUT2D eigenvalue weighted by atomic mass is 79.9. The van der Waals surface area contributed by atoms with Crippen LogP contribution in [-0.2, 0) is 0 Å². The lowest BCUT2D eigenvalue weighted by Crippen LogP contribution is -2.21. The van der Waals surface area contributed by atoms with Gasteiger partial charge in [0.05, 0.1) is 0 Å². The quantitative estimate of drug-likeness (QED) is 0.125. The third kappa shape index (κ3) is 2.36. The van der Waals surface area contributed by atoms with Crippen molar-refractivity contribution in [2.24, 2.45) is 0 Å². The fourth-order valence-electron chi connectivity index (χ4n) is 7.46. The predicted octanol–water partition coefficient (Wildman–Crippen LogP) is 9.81. The van der Waals surface area contributed by atoms with Crippen LogP contribution in [-0.4, -0.2) is 0 Å². The minimum absolute atomic E-state index is 0.341. The minimum atomic E-state index is 0.341. The molecule has 0 amide bonds. The molecule has 0 N–H and O–H groups in total. The maximum absolute atomic E-state index is 4.09. The maximum atomic E-state index is 4.09. The summed E-state index contributed by atoms with van der Waals surface area (Å²) < 4.78 is 2.41. The molecule has 0 saturated heterocycles. The highest BCUT2D eigenvalue weighted by Crippen LogP contribution is 2.54. The Hall–Kier alpha value is -2.94. The third-order valence-corrected chi connectivity index (χ3v) is 10.8. The first-order valence-electron chi connectivity index (χ1n) is 12.7. The molecule has 5 aromatic carbocycles. The van der Waals surface area contributed by atoms with Gasteiger partial charge in [0.25, 0.3) is 0 Å². The first kappa shape index (κ1) is 20.2. The number of rotatable bonds is 0. The molecule has 0 aromatic heterocycles. The highest BCUT2D eigenvalue weighted by Gasteiger charge is 2.36. The zero-order valence-electron chi connectivity index (χ0n) is 19.3. The van der Waals surface area contributed by atoms with E-state index in [4.69, 9.17) is 0 Å². The van der Waals surface area contributed by atoms with Crippen LogP contribution in [0.4, 0.5) is 0 Å². The Balaban J connectivity index is 1.33. The number of hydrogen-bond acceptors (Lipinski definition) is 0. The molecule has 0 fully saturated rings. The van der Waals surface area contributed by atoms with Crippen molar-refractivity contribution < 1.29 is 0 Å². The lowest BCUT2D eigenvalue weighted by atomic mass is 9.67. The van der Waals surface area contributed by atoms with Crippen LogP contribution in [0.1, 0.15) is 68.2 Å². The van der Waals surface area contributed by atoms with E-state index < -0.39 is 0 Å². The van der Waals surface area contributed by atoms with Crippen molar-refractivity contribution in [3.8, 4) is 0 Å². The lowest BCUT2D eigenvalue weighted by Gasteiger charge is -2.37. The molecule has 0 saturated carbocycles. The van der Waals surface area contributed by atoms with Crippen LogP contribution < -0.4 is 0 Å². The number of fused-ring (bicyclic) bond motifs is 2. The fraction of sp³-hybridized carbons (Fsp3) is 0.118. The molecule has 170 valence electrons. The second kappa shape index (κ2) is 6.88. The molecule has 0 spiro atoms. The minimum Gasteiger partial charge on any atom is -0.0757 e. The van der Waals surface area contributed by atoms with Crippen molar-refractivity contribution in [1.29, 1.82) is 0 Å². The largest absolute Gasteiger partial charge is 0.0757 e. The summed E-state index contributed by atoms with van der Waals surface area (Å²) in [5.74, 6) is 1.36. The SMILES string of the molecule is Brc1c2cc3c(cc2c(Br)c2cc4c(cc12)C1C=CC4c2ccccc21)C1C=CC3c2ccccc21. The Morgan fingerprint density at radius 2 is 0.611 bits per heavy atom. The van der Waals surface area contributed by atoms with E-state index in [2.05, 4.69) is 129 Å². The summed E-state index contributed by atoms with van der Waals surface area (Å²) >= 11 is 8.17. The monoisotopic (exact) mass is 586 g/mol. The van der Waals surface area contributed by atoms with E-state index in [0.29, 0.717) is 23.7 Å². The van der Waals surface area contributed by atoms with Crippen LogP contribution in [0.5, 0.6) is 0 Å². The first-order chi connectivity index (χ1) is 17.7. The van der Waals surface area contributed by atoms with Crippen molar-refractivity contribution in [2.75, 3.05) is 0 Å². The molecule has 0 nitrogen and oxygen atoms in total. The molecule has 6 aliphatic rings. The topological polar surface area (TPSA) is 0 Å². The molecule has 2 heteroatoms. The number of halogens is 2. The lowest BCUT2D eigenvalue weighted by molar-refractivity contribution is 0.813. The Kier molecular flexibility index (Phi) is 3.85. The fourth-order valence-corrected chi connectivity index (χ4v) is 8.77. The summed E-state index contributed by atoms with van der Waals surface area (Å²) in [6.07, 6.45) is 9.62. The molecule has 11 rings (SSSR count). The van der Waals surface area contributed by atoms with Crippen LogP contribution in [0, 0.1) is 0 Å². The summed E-state index contributed by atoms with van der Waals surface area (Å²) in [5.41, 5.74) is 11.7. The Morgan fingerprint density at radius 3 is 0.861 bits per heavy atom. The van der Waals surface area contributed by atoms with Crippen molar-refractivity contribution >= 4 is 53.4 Å². The van der Waals surface area contributed by atoms with Gasteiger partial charge in [0, 0.05) is 32.6 Å². The zero-order valence-corrected chi connectivity index (χ0v) is 22.5. The molecule has 0 heterocycles. The van der Waals surface area contributed by atoms with Crippen LogP contribution in [0.15, 0.2) is 106 Å². The van der Waals surface area contributed by atoms with E-state index >= 15 is 0 Å². The molecule has 4 atom stereocenters. The summed E-state index contributed by atoms with van der Waals surface area (Å²) in [5, 5.41) is 5.18. The first-order valence-corrected chi connectivity index (χ1v) is 14.2. The molecule has 5 aromatic rings. The Labute approximate surface area is 226 Å². The summed E-state index contributed by atoms with van der Waals surface area (Å²) in [6, 6.07) is 27.8. The van der Waals surface area contributed by atoms with E-state index in [1.54, 1.807) is 0 Å².